The van der Waals surface area contributed by atoms with Crippen molar-refractivity contribution >= 4 is 27.3 Å². The van der Waals surface area contributed by atoms with Crippen molar-refractivity contribution in [3.05, 3.63) is 47.5 Å². The monoisotopic (exact) mass is 354 g/mol. The number of thiophene rings is 1. The third-order valence-corrected chi connectivity index (χ3v) is 5.16. The van der Waals surface area contributed by atoms with Gasteiger partial charge in [-0.1, -0.05) is 12.1 Å². The van der Waals surface area contributed by atoms with Crippen LogP contribution < -0.4 is 4.74 Å². The third-order valence-electron chi connectivity index (χ3n) is 3.95. The summed E-state index contributed by atoms with van der Waals surface area (Å²) in [5, 5.41) is 1.03. The summed E-state index contributed by atoms with van der Waals surface area (Å²) in [6, 6.07) is 11.9. The van der Waals surface area contributed by atoms with E-state index in [-0.39, 0.29) is 5.78 Å². The van der Waals surface area contributed by atoms with Gasteiger partial charge in [0, 0.05) is 23.7 Å². The standard InChI is InChI=1S/C20H22N2O2S/c1-14(23)19-18(17-6-4-11-21-20(17)25-19)15-7-9-16(10-8-15)24-13-5-12-22(2)3/h4,6-11H,5,12-13H2,1-3H3. The Balaban J connectivity index is 1.84. The summed E-state index contributed by atoms with van der Waals surface area (Å²) in [6.07, 6.45) is 2.75. The first-order valence-electron chi connectivity index (χ1n) is 8.32. The number of fused-ring (bicyclic) bond motifs is 1. The number of ketones is 1. The third kappa shape index (κ3) is 4.06. The van der Waals surface area contributed by atoms with E-state index in [0.717, 1.165) is 44.9 Å². The van der Waals surface area contributed by atoms with Gasteiger partial charge in [0.05, 0.1) is 11.5 Å². The second kappa shape index (κ2) is 7.76. The fourth-order valence-electron chi connectivity index (χ4n) is 2.76. The number of pyridine rings is 1. The van der Waals surface area contributed by atoms with Crippen molar-refractivity contribution < 1.29 is 9.53 Å². The molecule has 0 amide bonds. The van der Waals surface area contributed by atoms with E-state index in [1.165, 1.54) is 11.3 Å². The number of ether oxygens (including phenoxy) is 1. The molecule has 5 heteroatoms. The van der Waals surface area contributed by atoms with Crippen LogP contribution in [0.1, 0.15) is 23.0 Å². The zero-order valence-electron chi connectivity index (χ0n) is 14.8. The summed E-state index contributed by atoms with van der Waals surface area (Å²) >= 11 is 1.45. The van der Waals surface area contributed by atoms with Crippen molar-refractivity contribution in [3.8, 4) is 16.9 Å². The summed E-state index contributed by atoms with van der Waals surface area (Å²) in [7, 11) is 4.11. The number of benzene rings is 1. The van der Waals surface area contributed by atoms with E-state index in [1.54, 1.807) is 13.1 Å². The molecule has 4 nitrogen and oxygen atoms in total. The number of rotatable bonds is 7. The average molecular weight is 354 g/mol. The molecule has 0 saturated carbocycles. The van der Waals surface area contributed by atoms with E-state index in [9.17, 15) is 4.79 Å². The van der Waals surface area contributed by atoms with E-state index in [1.807, 2.05) is 36.4 Å². The Hall–Kier alpha value is -2.24. The quantitative estimate of drug-likeness (QED) is 0.463. The zero-order valence-corrected chi connectivity index (χ0v) is 15.6. The number of hydrogen-bond acceptors (Lipinski definition) is 5. The number of nitrogens with zero attached hydrogens (tertiary/aromatic N) is 2. The smallest absolute Gasteiger partial charge is 0.170 e. The molecule has 130 valence electrons. The molecular formula is C20H22N2O2S. The molecule has 2 heterocycles. The van der Waals surface area contributed by atoms with Gasteiger partial charge in [0.25, 0.3) is 0 Å². The Morgan fingerprint density at radius 1 is 1.20 bits per heavy atom. The first-order chi connectivity index (χ1) is 12.1. The van der Waals surface area contributed by atoms with Gasteiger partial charge in [-0.05, 0) is 57.3 Å². The van der Waals surface area contributed by atoms with Crippen molar-refractivity contribution in [1.29, 1.82) is 0 Å². The summed E-state index contributed by atoms with van der Waals surface area (Å²) in [4.78, 5) is 20.2. The van der Waals surface area contributed by atoms with Gasteiger partial charge in [0.1, 0.15) is 10.6 Å². The molecule has 0 aliphatic rings. The molecule has 0 fully saturated rings. The second-order valence-electron chi connectivity index (χ2n) is 6.25. The van der Waals surface area contributed by atoms with Gasteiger partial charge in [-0.3, -0.25) is 4.79 Å². The molecule has 25 heavy (non-hydrogen) atoms. The predicted molar refractivity (Wildman–Crippen MR) is 104 cm³/mol. The molecule has 3 aromatic rings. The molecular weight excluding hydrogens is 332 g/mol. The first-order valence-corrected chi connectivity index (χ1v) is 9.14. The Bertz CT molecular complexity index is 869. The number of Topliss-reactive ketones (excluding diaryl/α,β-unsaturated/α-hetero) is 1. The van der Waals surface area contributed by atoms with Crippen LogP contribution >= 0.6 is 11.3 Å². The lowest BCUT2D eigenvalue weighted by Gasteiger charge is -2.11. The SMILES string of the molecule is CC(=O)c1sc2ncccc2c1-c1ccc(OCCCN(C)C)cc1. The maximum absolute atomic E-state index is 12.1. The van der Waals surface area contributed by atoms with Crippen molar-refractivity contribution in [2.75, 3.05) is 27.2 Å². The van der Waals surface area contributed by atoms with Crippen molar-refractivity contribution in [3.63, 3.8) is 0 Å². The van der Waals surface area contributed by atoms with Crippen molar-refractivity contribution in [2.24, 2.45) is 0 Å². The molecule has 0 N–H and O–H groups in total. The first kappa shape index (κ1) is 17.6. The summed E-state index contributed by atoms with van der Waals surface area (Å²) < 4.78 is 5.79. The molecule has 0 radical (unpaired) electrons. The Kier molecular flexibility index (Phi) is 5.46. The lowest BCUT2D eigenvalue weighted by molar-refractivity contribution is 0.102. The number of aromatic nitrogens is 1. The van der Waals surface area contributed by atoms with Gasteiger partial charge in [-0.15, -0.1) is 11.3 Å². The van der Waals surface area contributed by atoms with Crippen molar-refractivity contribution in [2.45, 2.75) is 13.3 Å². The minimum absolute atomic E-state index is 0.0713. The van der Waals surface area contributed by atoms with Crippen LogP contribution in [0.4, 0.5) is 0 Å². The number of hydrogen-bond donors (Lipinski definition) is 0. The van der Waals surface area contributed by atoms with E-state index in [2.05, 4.69) is 24.0 Å². The summed E-state index contributed by atoms with van der Waals surface area (Å²) in [5.41, 5.74) is 1.99. The summed E-state index contributed by atoms with van der Waals surface area (Å²) in [6.45, 7) is 3.31. The summed E-state index contributed by atoms with van der Waals surface area (Å²) in [5.74, 6) is 0.923. The fraction of sp³-hybridized carbons (Fsp3) is 0.300. The molecule has 1 aromatic carbocycles. The minimum Gasteiger partial charge on any atom is -0.494 e. The largest absolute Gasteiger partial charge is 0.494 e. The van der Waals surface area contributed by atoms with Gasteiger partial charge < -0.3 is 9.64 Å². The Labute approximate surface area is 152 Å². The lowest BCUT2D eigenvalue weighted by atomic mass is 10.0. The van der Waals surface area contributed by atoms with Gasteiger partial charge in [0.2, 0.25) is 0 Å². The lowest BCUT2D eigenvalue weighted by Crippen LogP contribution is -2.15. The highest BCUT2D eigenvalue weighted by Crippen LogP contribution is 2.38. The van der Waals surface area contributed by atoms with E-state index in [0.29, 0.717) is 6.61 Å². The highest BCUT2D eigenvalue weighted by Gasteiger charge is 2.17. The topological polar surface area (TPSA) is 42.4 Å². The van der Waals surface area contributed by atoms with Gasteiger partial charge in [-0.2, -0.15) is 0 Å². The van der Waals surface area contributed by atoms with Crippen LogP contribution in [0.2, 0.25) is 0 Å². The molecule has 0 aliphatic heterocycles. The second-order valence-corrected chi connectivity index (χ2v) is 7.25. The highest BCUT2D eigenvalue weighted by atomic mass is 32.1. The highest BCUT2D eigenvalue weighted by molar-refractivity contribution is 7.21. The maximum atomic E-state index is 12.1. The molecule has 0 atom stereocenters. The molecule has 3 rings (SSSR count). The maximum Gasteiger partial charge on any atom is 0.170 e. The average Bonchev–Trinajstić information content (AvgIpc) is 2.99. The van der Waals surface area contributed by atoms with Crippen LogP contribution in [0, 0.1) is 0 Å². The van der Waals surface area contributed by atoms with Crippen LogP contribution in [0.15, 0.2) is 42.6 Å². The Morgan fingerprint density at radius 3 is 2.64 bits per heavy atom. The van der Waals surface area contributed by atoms with Crippen LogP contribution in [-0.2, 0) is 0 Å². The molecule has 0 bridgehead atoms. The van der Waals surface area contributed by atoms with Crippen LogP contribution in [-0.4, -0.2) is 42.9 Å². The number of carbonyl (C=O) groups is 1. The molecule has 2 aromatic heterocycles. The number of carbonyl (C=O) groups excluding carboxylic acids is 1. The predicted octanol–water partition coefficient (Wildman–Crippen LogP) is 4.50. The van der Waals surface area contributed by atoms with Gasteiger partial charge in [-0.25, -0.2) is 4.98 Å². The minimum atomic E-state index is 0.0713. The molecule has 0 spiro atoms. The Morgan fingerprint density at radius 2 is 1.96 bits per heavy atom. The normalized spacial score (nSPS) is 11.2. The van der Waals surface area contributed by atoms with E-state index in [4.69, 9.17) is 4.74 Å². The molecule has 0 saturated heterocycles. The zero-order chi connectivity index (χ0) is 17.8. The van der Waals surface area contributed by atoms with Crippen LogP contribution in [0.3, 0.4) is 0 Å². The van der Waals surface area contributed by atoms with Crippen molar-refractivity contribution in [1.82, 2.24) is 9.88 Å². The molecule has 0 unspecified atom stereocenters. The fourth-order valence-corrected chi connectivity index (χ4v) is 3.82. The van der Waals surface area contributed by atoms with Crippen LogP contribution in [0.25, 0.3) is 21.3 Å². The van der Waals surface area contributed by atoms with Gasteiger partial charge in [0.15, 0.2) is 5.78 Å². The van der Waals surface area contributed by atoms with E-state index >= 15 is 0 Å². The van der Waals surface area contributed by atoms with E-state index < -0.39 is 0 Å². The molecule has 0 aliphatic carbocycles. The van der Waals surface area contributed by atoms with Crippen LogP contribution in [0.5, 0.6) is 5.75 Å². The van der Waals surface area contributed by atoms with Gasteiger partial charge >= 0.3 is 0 Å².